The molecule has 94 heavy (non-hydrogen) atoms. The second-order valence-corrected chi connectivity index (χ2v) is 31.4. The summed E-state index contributed by atoms with van der Waals surface area (Å²) < 4.78 is 68.5. The van der Waals surface area contributed by atoms with Gasteiger partial charge in [0.1, 0.15) is 19.3 Å². The molecule has 0 saturated heterocycles. The smallest absolute Gasteiger partial charge is 0.462 e. The van der Waals surface area contributed by atoms with Gasteiger partial charge in [0.25, 0.3) is 0 Å². The van der Waals surface area contributed by atoms with Gasteiger partial charge in [-0.3, -0.25) is 37.3 Å². The van der Waals surface area contributed by atoms with Crippen molar-refractivity contribution in [2.45, 2.75) is 395 Å². The minimum absolute atomic E-state index is 0.105. The Morgan fingerprint density at radius 1 is 0.298 bits per heavy atom. The molecule has 3 N–H and O–H groups in total. The van der Waals surface area contributed by atoms with Gasteiger partial charge in [-0.2, -0.15) is 0 Å². The standard InChI is InChI=1S/C75H146O17P2/c1-9-67(7)53-45-37-29-23-18-20-26-32-42-50-58-75(80)92-71(62-86-73(78)56-48-40-34-33-38-46-54-68(8)10-2)64-90-94(83,84)88-60-69(76)59-87-93(81,82)89-63-70(91-74(79)57-49-41-31-25-19-17-22-28-36-44-52-66(5)6)61-85-72(77)55-47-39-30-24-16-14-12-11-13-15-21-27-35-43-51-65(3)4/h65-71,76H,9-64H2,1-8H3,(H,81,82)(H,83,84)/t67?,68?,69-,70-,71-/m1/s1. The van der Waals surface area contributed by atoms with E-state index in [2.05, 4.69) is 55.4 Å². The summed E-state index contributed by atoms with van der Waals surface area (Å²) in [6.45, 7) is 14.2. The van der Waals surface area contributed by atoms with Gasteiger partial charge in [0.2, 0.25) is 0 Å². The number of aliphatic hydroxyl groups is 1. The van der Waals surface area contributed by atoms with Gasteiger partial charge in [-0.25, -0.2) is 9.13 Å². The molecule has 0 spiro atoms. The molecule has 0 aliphatic rings. The Morgan fingerprint density at radius 2 is 0.511 bits per heavy atom. The van der Waals surface area contributed by atoms with Crippen LogP contribution in [0.25, 0.3) is 0 Å². The molecule has 0 radical (unpaired) electrons. The van der Waals surface area contributed by atoms with Crippen molar-refractivity contribution < 1.29 is 80.2 Å². The molecule has 0 saturated carbocycles. The number of hydrogen-bond acceptors (Lipinski definition) is 15. The van der Waals surface area contributed by atoms with E-state index in [1.54, 1.807) is 0 Å². The minimum Gasteiger partial charge on any atom is -0.462 e. The molecule has 7 atom stereocenters. The van der Waals surface area contributed by atoms with E-state index in [0.717, 1.165) is 120 Å². The topological polar surface area (TPSA) is 237 Å². The van der Waals surface area contributed by atoms with E-state index in [1.165, 1.54) is 173 Å². The van der Waals surface area contributed by atoms with Gasteiger partial charge >= 0.3 is 39.5 Å². The van der Waals surface area contributed by atoms with Crippen molar-refractivity contribution in [3.05, 3.63) is 0 Å². The highest BCUT2D eigenvalue weighted by Crippen LogP contribution is 2.45. The van der Waals surface area contributed by atoms with Gasteiger partial charge in [-0.05, 0) is 49.4 Å². The van der Waals surface area contributed by atoms with E-state index < -0.39 is 97.5 Å². The van der Waals surface area contributed by atoms with E-state index in [1.807, 2.05) is 0 Å². The number of carbonyl (C=O) groups is 4. The summed E-state index contributed by atoms with van der Waals surface area (Å²) in [6.07, 6.45) is 48.5. The zero-order valence-corrected chi connectivity index (χ0v) is 63.4. The maximum absolute atomic E-state index is 13.1. The van der Waals surface area contributed by atoms with Crippen LogP contribution in [0.1, 0.15) is 376 Å². The normalized spacial score (nSPS) is 14.7. The van der Waals surface area contributed by atoms with Crippen molar-refractivity contribution in [2.24, 2.45) is 23.7 Å². The van der Waals surface area contributed by atoms with Crippen molar-refractivity contribution in [1.29, 1.82) is 0 Å². The number of phosphoric ester groups is 2. The first-order chi connectivity index (χ1) is 45.2. The monoisotopic (exact) mass is 1380 g/mol. The van der Waals surface area contributed by atoms with E-state index >= 15 is 0 Å². The summed E-state index contributed by atoms with van der Waals surface area (Å²) in [5, 5.41) is 10.6. The summed E-state index contributed by atoms with van der Waals surface area (Å²) in [4.78, 5) is 72.8. The quantitative estimate of drug-likeness (QED) is 0.0222. The van der Waals surface area contributed by atoms with Crippen LogP contribution in [0.2, 0.25) is 0 Å². The molecule has 0 rings (SSSR count). The molecule has 0 fully saturated rings. The third-order valence-electron chi connectivity index (χ3n) is 18.0. The highest BCUT2D eigenvalue weighted by Gasteiger charge is 2.30. The number of esters is 4. The van der Waals surface area contributed by atoms with Gasteiger partial charge in [0, 0.05) is 25.7 Å². The molecule has 0 aliphatic carbocycles. The number of carbonyl (C=O) groups excluding carboxylic acids is 4. The van der Waals surface area contributed by atoms with Crippen LogP contribution in [-0.2, 0) is 65.4 Å². The molecule has 0 aromatic carbocycles. The van der Waals surface area contributed by atoms with Crippen molar-refractivity contribution >= 4 is 39.5 Å². The molecule has 558 valence electrons. The Labute approximate surface area is 575 Å². The Kier molecular flexibility index (Phi) is 63.1. The Balaban J connectivity index is 5.25. The summed E-state index contributed by atoms with van der Waals surface area (Å²) in [7, 11) is -9.91. The molecular weight excluding hydrogens is 1230 g/mol. The van der Waals surface area contributed by atoms with E-state index in [4.69, 9.17) is 37.0 Å². The van der Waals surface area contributed by atoms with Gasteiger partial charge in [-0.15, -0.1) is 0 Å². The lowest BCUT2D eigenvalue weighted by atomic mass is 9.99. The molecule has 0 aliphatic heterocycles. The van der Waals surface area contributed by atoms with Crippen molar-refractivity contribution in [3.63, 3.8) is 0 Å². The van der Waals surface area contributed by atoms with Crippen LogP contribution < -0.4 is 0 Å². The molecule has 19 heteroatoms. The van der Waals surface area contributed by atoms with Crippen LogP contribution in [-0.4, -0.2) is 96.7 Å². The second kappa shape index (κ2) is 64.4. The van der Waals surface area contributed by atoms with Crippen molar-refractivity contribution in [3.8, 4) is 0 Å². The molecule has 0 heterocycles. The van der Waals surface area contributed by atoms with Gasteiger partial charge in [0.05, 0.1) is 26.4 Å². The Bertz CT molecular complexity index is 1850. The number of aliphatic hydroxyl groups excluding tert-OH is 1. The fourth-order valence-corrected chi connectivity index (χ4v) is 12.9. The van der Waals surface area contributed by atoms with E-state index in [0.29, 0.717) is 25.7 Å². The predicted molar refractivity (Wildman–Crippen MR) is 381 cm³/mol. The fourth-order valence-electron chi connectivity index (χ4n) is 11.3. The van der Waals surface area contributed by atoms with Crippen molar-refractivity contribution in [1.82, 2.24) is 0 Å². The lowest BCUT2D eigenvalue weighted by Crippen LogP contribution is -2.30. The molecule has 0 amide bonds. The first-order valence-electron chi connectivity index (χ1n) is 38.8. The van der Waals surface area contributed by atoms with Gasteiger partial charge < -0.3 is 33.8 Å². The van der Waals surface area contributed by atoms with Crippen LogP contribution >= 0.6 is 15.6 Å². The Morgan fingerprint density at radius 3 is 0.755 bits per heavy atom. The van der Waals surface area contributed by atoms with Gasteiger partial charge in [-0.1, -0.05) is 325 Å². The average Bonchev–Trinajstić information content (AvgIpc) is 1.62. The van der Waals surface area contributed by atoms with Crippen LogP contribution in [0.3, 0.4) is 0 Å². The zero-order chi connectivity index (χ0) is 69.6. The minimum atomic E-state index is -4.96. The first-order valence-corrected chi connectivity index (χ1v) is 41.8. The number of rotatable bonds is 72. The summed E-state index contributed by atoms with van der Waals surface area (Å²) in [5.41, 5.74) is 0. The largest absolute Gasteiger partial charge is 0.472 e. The maximum atomic E-state index is 13.1. The lowest BCUT2D eigenvalue weighted by Gasteiger charge is -2.21. The number of phosphoric acid groups is 2. The number of unbranched alkanes of at least 4 members (excludes halogenated alkanes) is 36. The highest BCUT2D eigenvalue weighted by atomic mass is 31.2. The molecule has 0 aromatic heterocycles. The summed E-state index contributed by atoms with van der Waals surface area (Å²) in [5.74, 6) is 0.962. The molecule has 0 bridgehead atoms. The Hall–Kier alpha value is -1.94. The SMILES string of the molecule is CCC(C)CCCCCCCCCCCCC(=O)O[C@H](COC(=O)CCCCCCCCC(C)CC)COP(=O)(O)OC[C@H](O)COP(=O)(O)OC[C@@H](COC(=O)CCCCCCCCCCCCCCCCC(C)C)OC(=O)CCCCCCCCCCCCC(C)C. The highest BCUT2D eigenvalue weighted by molar-refractivity contribution is 7.47. The predicted octanol–water partition coefficient (Wildman–Crippen LogP) is 21.7. The van der Waals surface area contributed by atoms with Crippen molar-refractivity contribution in [2.75, 3.05) is 39.6 Å². The first kappa shape index (κ1) is 92.1. The zero-order valence-electron chi connectivity index (χ0n) is 61.6. The average molecular weight is 1380 g/mol. The maximum Gasteiger partial charge on any atom is 0.472 e. The summed E-state index contributed by atoms with van der Waals surface area (Å²) >= 11 is 0. The van der Waals surface area contributed by atoms with Gasteiger partial charge in [0.15, 0.2) is 12.2 Å². The molecule has 17 nitrogen and oxygen atoms in total. The molecule has 0 aromatic rings. The lowest BCUT2D eigenvalue weighted by molar-refractivity contribution is -0.161. The van der Waals surface area contributed by atoms with E-state index in [-0.39, 0.29) is 25.7 Å². The molecule has 4 unspecified atom stereocenters. The fraction of sp³-hybridized carbons (Fsp3) is 0.947. The van der Waals surface area contributed by atoms with Crippen LogP contribution in [0, 0.1) is 23.7 Å². The third-order valence-corrected chi connectivity index (χ3v) is 19.9. The van der Waals surface area contributed by atoms with Crippen LogP contribution in [0.4, 0.5) is 0 Å². The van der Waals surface area contributed by atoms with E-state index in [9.17, 15) is 43.2 Å². The van der Waals surface area contributed by atoms with Crippen LogP contribution in [0.5, 0.6) is 0 Å². The summed E-state index contributed by atoms with van der Waals surface area (Å²) in [6, 6.07) is 0. The number of ether oxygens (including phenoxy) is 4. The van der Waals surface area contributed by atoms with Crippen LogP contribution in [0.15, 0.2) is 0 Å². The third kappa shape index (κ3) is 66.0. The molecular formula is C75H146O17P2. The second-order valence-electron chi connectivity index (χ2n) is 28.5. The number of hydrogen-bond donors (Lipinski definition) is 3.